The third-order valence-corrected chi connectivity index (χ3v) is 6.23. The Morgan fingerprint density at radius 3 is 2.45 bits per heavy atom. The molecule has 0 aliphatic carbocycles. The molecule has 0 bridgehead atoms. The maximum absolute atomic E-state index is 6.25. The number of hydrogen-bond donors (Lipinski definition) is 1. The van der Waals surface area contributed by atoms with Gasteiger partial charge in [0.25, 0.3) is 0 Å². The Kier molecular flexibility index (Phi) is 5.68. The van der Waals surface area contributed by atoms with E-state index in [4.69, 9.17) is 11.6 Å². The van der Waals surface area contributed by atoms with Gasteiger partial charge in [-0.05, 0) is 30.7 Å². The highest BCUT2D eigenvalue weighted by atomic mass is 35.5. The molecule has 31 heavy (non-hydrogen) atoms. The maximum atomic E-state index is 6.25. The van der Waals surface area contributed by atoms with E-state index in [1.54, 1.807) is 12.5 Å². The Balaban J connectivity index is 1.43. The molecule has 0 amide bonds. The summed E-state index contributed by atoms with van der Waals surface area (Å²) in [5.41, 5.74) is 6.23. The molecule has 3 aromatic heterocycles. The number of nitrogens with one attached hydrogen (secondary N) is 1. The van der Waals surface area contributed by atoms with E-state index in [1.165, 1.54) is 5.56 Å². The first-order valence-electron chi connectivity index (χ1n) is 10.6. The number of nitrogens with zero attached hydrogens (tertiary/aromatic N) is 5. The lowest BCUT2D eigenvalue weighted by atomic mass is 10.00. The largest absolute Gasteiger partial charge is 0.339 e. The zero-order valence-corrected chi connectivity index (χ0v) is 18.3. The molecule has 5 rings (SSSR count). The molecular weight excluding hydrogens is 408 g/mol. The highest BCUT2D eigenvalue weighted by Gasteiger charge is 2.17. The van der Waals surface area contributed by atoms with Crippen molar-refractivity contribution >= 4 is 22.6 Å². The van der Waals surface area contributed by atoms with Gasteiger partial charge in [0.15, 0.2) is 0 Å². The summed E-state index contributed by atoms with van der Waals surface area (Å²) in [6.45, 7) is 5.73. The summed E-state index contributed by atoms with van der Waals surface area (Å²) in [5.74, 6) is 0. The van der Waals surface area contributed by atoms with Gasteiger partial charge < -0.3 is 14.8 Å². The SMILES string of the molecule is CN1CCN(CCc2ccc(-c3[nH]c4ncc(Cl)cc4c3-c3cncnc3)cc2)CC1. The molecule has 0 atom stereocenters. The van der Waals surface area contributed by atoms with Crippen molar-refractivity contribution in [3.63, 3.8) is 0 Å². The molecule has 0 spiro atoms. The lowest BCUT2D eigenvalue weighted by Crippen LogP contribution is -2.45. The third kappa shape index (κ3) is 4.32. The van der Waals surface area contributed by atoms with Gasteiger partial charge in [0.05, 0.1) is 10.7 Å². The second kappa shape index (κ2) is 8.75. The first kappa shape index (κ1) is 20.1. The van der Waals surface area contributed by atoms with Crippen LogP contribution in [0.5, 0.6) is 0 Å². The van der Waals surface area contributed by atoms with Gasteiger partial charge in [-0.3, -0.25) is 0 Å². The Bertz CT molecular complexity index is 1160. The van der Waals surface area contributed by atoms with Crippen LogP contribution in [-0.4, -0.2) is 69.5 Å². The Morgan fingerprint density at radius 2 is 1.71 bits per heavy atom. The number of benzene rings is 1. The number of rotatable bonds is 5. The molecule has 1 aromatic carbocycles. The second-order valence-corrected chi connectivity index (χ2v) is 8.58. The van der Waals surface area contributed by atoms with Crippen LogP contribution in [0, 0.1) is 0 Å². The number of H-pyrrole nitrogens is 1. The van der Waals surface area contributed by atoms with Gasteiger partial charge in [-0.15, -0.1) is 0 Å². The predicted octanol–water partition coefficient (Wildman–Crippen LogP) is 4.13. The smallest absolute Gasteiger partial charge is 0.138 e. The van der Waals surface area contributed by atoms with E-state index in [-0.39, 0.29) is 0 Å². The summed E-state index contributed by atoms with van der Waals surface area (Å²) < 4.78 is 0. The van der Waals surface area contributed by atoms with Crippen LogP contribution in [0.15, 0.2) is 55.2 Å². The van der Waals surface area contributed by atoms with Crippen LogP contribution in [0.3, 0.4) is 0 Å². The van der Waals surface area contributed by atoms with Crippen molar-refractivity contribution in [3.05, 3.63) is 65.8 Å². The summed E-state index contributed by atoms with van der Waals surface area (Å²) in [4.78, 5) is 21.3. The average Bonchev–Trinajstić information content (AvgIpc) is 3.18. The maximum Gasteiger partial charge on any atom is 0.138 e. The van der Waals surface area contributed by atoms with E-state index < -0.39 is 0 Å². The van der Waals surface area contributed by atoms with Crippen molar-refractivity contribution in [3.8, 4) is 22.4 Å². The molecular formula is C24H25ClN6. The van der Waals surface area contributed by atoms with Crippen molar-refractivity contribution in [1.29, 1.82) is 0 Å². The monoisotopic (exact) mass is 432 g/mol. The summed E-state index contributed by atoms with van der Waals surface area (Å²) in [6.07, 6.45) is 7.91. The highest BCUT2D eigenvalue weighted by molar-refractivity contribution is 6.31. The Labute approximate surface area is 186 Å². The van der Waals surface area contributed by atoms with Crippen LogP contribution in [0.2, 0.25) is 5.02 Å². The number of aromatic amines is 1. The minimum absolute atomic E-state index is 0.607. The van der Waals surface area contributed by atoms with Gasteiger partial charge in [0.1, 0.15) is 12.0 Å². The standard InChI is InChI=1S/C24H25ClN6/c1-30-8-10-31(11-9-30)7-6-17-2-4-18(5-3-17)23-22(19-13-26-16-27-14-19)21-12-20(25)15-28-24(21)29-23/h2-5,12-16H,6-11H2,1H3,(H,28,29). The highest BCUT2D eigenvalue weighted by Crippen LogP contribution is 2.38. The number of hydrogen-bond acceptors (Lipinski definition) is 5. The molecule has 7 heteroatoms. The van der Waals surface area contributed by atoms with E-state index in [9.17, 15) is 0 Å². The summed E-state index contributed by atoms with van der Waals surface area (Å²) in [7, 11) is 2.19. The average molecular weight is 433 g/mol. The molecule has 1 aliphatic heterocycles. The first-order valence-corrected chi connectivity index (χ1v) is 11.0. The zero-order valence-electron chi connectivity index (χ0n) is 17.6. The van der Waals surface area contributed by atoms with Gasteiger partial charge in [0, 0.05) is 67.8 Å². The van der Waals surface area contributed by atoms with E-state index in [0.29, 0.717) is 5.02 Å². The molecule has 0 radical (unpaired) electrons. The molecule has 0 saturated carbocycles. The van der Waals surface area contributed by atoms with E-state index in [1.807, 2.05) is 18.5 Å². The number of piperazine rings is 1. The zero-order chi connectivity index (χ0) is 21.2. The summed E-state index contributed by atoms with van der Waals surface area (Å²) in [6, 6.07) is 10.7. The van der Waals surface area contributed by atoms with Gasteiger partial charge >= 0.3 is 0 Å². The number of halogens is 1. The fraction of sp³-hybridized carbons (Fsp3) is 0.292. The van der Waals surface area contributed by atoms with Crippen LogP contribution < -0.4 is 0 Å². The number of fused-ring (bicyclic) bond motifs is 1. The van der Waals surface area contributed by atoms with E-state index in [0.717, 1.165) is 72.6 Å². The van der Waals surface area contributed by atoms with Gasteiger partial charge in [-0.2, -0.15) is 0 Å². The van der Waals surface area contributed by atoms with Crippen molar-refractivity contribution in [2.45, 2.75) is 6.42 Å². The lowest BCUT2D eigenvalue weighted by molar-refractivity contribution is 0.155. The summed E-state index contributed by atoms with van der Waals surface area (Å²) >= 11 is 6.25. The molecule has 1 fully saturated rings. The molecule has 4 aromatic rings. The van der Waals surface area contributed by atoms with Crippen LogP contribution >= 0.6 is 11.6 Å². The molecule has 1 saturated heterocycles. The number of aromatic nitrogens is 4. The van der Waals surface area contributed by atoms with Crippen LogP contribution in [0.25, 0.3) is 33.4 Å². The second-order valence-electron chi connectivity index (χ2n) is 8.14. The van der Waals surface area contributed by atoms with Crippen LogP contribution in [-0.2, 0) is 6.42 Å². The molecule has 1 N–H and O–H groups in total. The van der Waals surface area contributed by atoms with Crippen molar-refractivity contribution in [2.75, 3.05) is 39.8 Å². The molecule has 1 aliphatic rings. The van der Waals surface area contributed by atoms with Gasteiger partial charge in [-0.1, -0.05) is 35.9 Å². The first-order chi connectivity index (χ1) is 15.2. The minimum Gasteiger partial charge on any atom is -0.339 e. The van der Waals surface area contributed by atoms with Crippen LogP contribution in [0.4, 0.5) is 0 Å². The topological polar surface area (TPSA) is 60.9 Å². The Hall–Kier alpha value is -2.80. The fourth-order valence-electron chi connectivity index (χ4n) is 4.19. The number of likely N-dealkylation sites (N-methyl/N-ethyl adjacent to an activating group) is 1. The summed E-state index contributed by atoms with van der Waals surface area (Å²) in [5, 5.41) is 1.58. The van der Waals surface area contributed by atoms with Gasteiger partial charge in [-0.25, -0.2) is 15.0 Å². The van der Waals surface area contributed by atoms with E-state index in [2.05, 4.69) is 61.0 Å². The molecule has 6 nitrogen and oxygen atoms in total. The predicted molar refractivity (Wildman–Crippen MR) is 125 cm³/mol. The molecule has 158 valence electrons. The van der Waals surface area contributed by atoms with Crippen molar-refractivity contribution < 1.29 is 0 Å². The van der Waals surface area contributed by atoms with Gasteiger partial charge in [0.2, 0.25) is 0 Å². The van der Waals surface area contributed by atoms with Crippen molar-refractivity contribution in [1.82, 2.24) is 29.7 Å². The third-order valence-electron chi connectivity index (χ3n) is 6.02. The lowest BCUT2D eigenvalue weighted by Gasteiger charge is -2.32. The van der Waals surface area contributed by atoms with Crippen molar-refractivity contribution in [2.24, 2.45) is 0 Å². The Morgan fingerprint density at radius 1 is 0.968 bits per heavy atom. The van der Waals surface area contributed by atoms with E-state index >= 15 is 0 Å². The fourth-order valence-corrected chi connectivity index (χ4v) is 4.34. The molecule has 0 unspecified atom stereocenters. The number of pyridine rings is 1. The normalized spacial score (nSPS) is 15.5. The molecule has 4 heterocycles. The quantitative estimate of drug-likeness (QED) is 0.513. The minimum atomic E-state index is 0.607. The van der Waals surface area contributed by atoms with Crippen LogP contribution in [0.1, 0.15) is 5.56 Å².